The molecule has 0 radical (unpaired) electrons. The molecule has 0 aromatic carbocycles. The molecular weight excluding hydrogens is 144 g/mol. The van der Waals surface area contributed by atoms with Gasteiger partial charge in [-0.1, -0.05) is 50.5 Å². The van der Waals surface area contributed by atoms with Crippen molar-refractivity contribution in [2.24, 2.45) is 5.92 Å². The van der Waals surface area contributed by atoms with Crippen molar-refractivity contribution in [3.63, 3.8) is 0 Å². The summed E-state index contributed by atoms with van der Waals surface area (Å²) >= 11 is 0. The van der Waals surface area contributed by atoms with Crippen LogP contribution < -0.4 is 0 Å². The highest BCUT2D eigenvalue weighted by Crippen LogP contribution is 2.19. The lowest BCUT2D eigenvalue weighted by atomic mass is 9.95. The fraction of sp³-hybridized carbons (Fsp3) is 0.667. The van der Waals surface area contributed by atoms with Gasteiger partial charge >= 0.3 is 0 Å². The monoisotopic (exact) mass is 164 g/mol. The van der Waals surface area contributed by atoms with Crippen LogP contribution in [0.5, 0.6) is 0 Å². The molecule has 1 aliphatic carbocycles. The topological polar surface area (TPSA) is 0 Å². The zero-order valence-corrected chi connectivity index (χ0v) is 8.34. The van der Waals surface area contributed by atoms with Crippen LogP contribution >= 0.6 is 0 Å². The highest BCUT2D eigenvalue weighted by Gasteiger charge is 2.02. The van der Waals surface area contributed by atoms with Gasteiger partial charge in [0.25, 0.3) is 0 Å². The second-order valence-electron chi connectivity index (χ2n) is 3.81. The summed E-state index contributed by atoms with van der Waals surface area (Å²) in [4.78, 5) is 0. The predicted octanol–water partition coefficient (Wildman–Crippen LogP) is 4.09. The fourth-order valence-electron chi connectivity index (χ4n) is 1.54. The summed E-state index contributed by atoms with van der Waals surface area (Å²) in [5.74, 6) is 0.764. The van der Waals surface area contributed by atoms with E-state index in [1.807, 2.05) is 0 Å². The number of unbranched alkanes of at least 4 members (excludes halogenated alkanes) is 2. The van der Waals surface area contributed by atoms with E-state index in [1.165, 1.54) is 32.1 Å². The minimum Gasteiger partial charge on any atom is -0.0811 e. The lowest BCUT2D eigenvalue weighted by molar-refractivity contribution is 0.692. The van der Waals surface area contributed by atoms with Crippen molar-refractivity contribution < 1.29 is 0 Å². The van der Waals surface area contributed by atoms with Crippen molar-refractivity contribution in [2.75, 3.05) is 0 Å². The minimum absolute atomic E-state index is 0.764. The second kappa shape index (κ2) is 5.18. The Balaban J connectivity index is 2.21. The van der Waals surface area contributed by atoms with Gasteiger partial charge in [-0.3, -0.25) is 0 Å². The van der Waals surface area contributed by atoms with Crippen LogP contribution in [0.2, 0.25) is 0 Å². The van der Waals surface area contributed by atoms with E-state index in [9.17, 15) is 0 Å². The number of allylic oxidation sites excluding steroid dienone is 4. The Morgan fingerprint density at radius 2 is 2.25 bits per heavy atom. The Bertz CT molecular complexity index is 174. The second-order valence-corrected chi connectivity index (χ2v) is 3.81. The maximum Gasteiger partial charge on any atom is -0.0224 e. The molecule has 0 saturated carbocycles. The third-order valence-electron chi connectivity index (χ3n) is 2.46. The third kappa shape index (κ3) is 3.25. The van der Waals surface area contributed by atoms with Crippen molar-refractivity contribution >= 4 is 0 Å². The Labute approximate surface area is 76.4 Å². The van der Waals surface area contributed by atoms with Crippen LogP contribution in [0.3, 0.4) is 0 Å². The number of hydrogen-bond donors (Lipinski definition) is 0. The van der Waals surface area contributed by atoms with Gasteiger partial charge in [0.2, 0.25) is 0 Å². The first-order chi connectivity index (χ1) is 5.83. The molecule has 0 heteroatoms. The van der Waals surface area contributed by atoms with E-state index < -0.39 is 0 Å². The first kappa shape index (κ1) is 9.57. The van der Waals surface area contributed by atoms with Gasteiger partial charge in [-0.2, -0.15) is 0 Å². The van der Waals surface area contributed by atoms with Crippen LogP contribution in [0.25, 0.3) is 0 Å². The Kier molecular flexibility index (Phi) is 4.13. The van der Waals surface area contributed by atoms with Crippen molar-refractivity contribution in [1.82, 2.24) is 0 Å². The molecule has 0 aliphatic heterocycles. The van der Waals surface area contributed by atoms with E-state index in [4.69, 9.17) is 0 Å². The van der Waals surface area contributed by atoms with Gasteiger partial charge in [0, 0.05) is 0 Å². The smallest absolute Gasteiger partial charge is 0.0224 e. The van der Waals surface area contributed by atoms with Gasteiger partial charge in [0.1, 0.15) is 0 Å². The molecule has 1 aliphatic rings. The van der Waals surface area contributed by atoms with Crippen molar-refractivity contribution in [3.05, 3.63) is 23.8 Å². The number of rotatable bonds is 4. The Morgan fingerprint density at radius 1 is 1.42 bits per heavy atom. The van der Waals surface area contributed by atoms with Crippen molar-refractivity contribution in [3.8, 4) is 0 Å². The van der Waals surface area contributed by atoms with E-state index in [2.05, 4.69) is 32.1 Å². The zero-order valence-electron chi connectivity index (χ0n) is 8.34. The fourth-order valence-corrected chi connectivity index (χ4v) is 1.54. The van der Waals surface area contributed by atoms with Crippen LogP contribution in [0, 0.1) is 5.92 Å². The SMILES string of the molecule is CCCCCC1=CCC(C)C=C1. The Morgan fingerprint density at radius 3 is 2.83 bits per heavy atom. The largest absolute Gasteiger partial charge is 0.0811 e. The van der Waals surface area contributed by atoms with Gasteiger partial charge in [0.15, 0.2) is 0 Å². The van der Waals surface area contributed by atoms with E-state index in [0.29, 0.717) is 0 Å². The van der Waals surface area contributed by atoms with E-state index >= 15 is 0 Å². The molecule has 68 valence electrons. The van der Waals surface area contributed by atoms with Gasteiger partial charge in [-0.25, -0.2) is 0 Å². The summed E-state index contributed by atoms with van der Waals surface area (Å²) in [5, 5.41) is 0. The quantitative estimate of drug-likeness (QED) is 0.549. The molecule has 0 nitrogen and oxygen atoms in total. The third-order valence-corrected chi connectivity index (χ3v) is 2.46. The predicted molar refractivity (Wildman–Crippen MR) is 55.1 cm³/mol. The molecule has 1 rings (SSSR count). The first-order valence-electron chi connectivity index (χ1n) is 5.20. The summed E-state index contributed by atoms with van der Waals surface area (Å²) in [6.45, 7) is 4.53. The molecule has 1 unspecified atom stereocenters. The summed E-state index contributed by atoms with van der Waals surface area (Å²) in [6.07, 6.45) is 13.6. The van der Waals surface area contributed by atoms with Gasteiger partial charge in [-0.05, 0) is 25.2 Å². The molecule has 0 saturated heterocycles. The molecule has 0 fully saturated rings. The maximum absolute atomic E-state index is 2.40. The standard InChI is InChI=1S/C12H20/c1-3-4-5-6-12-9-7-11(2)8-10-12/h7,9-11H,3-6,8H2,1-2H3. The van der Waals surface area contributed by atoms with E-state index in [0.717, 1.165) is 5.92 Å². The minimum atomic E-state index is 0.764. The number of hydrogen-bond acceptors (Lipinski definition) is 0. The van der Waals surface area contributed by atoms with Gasteiger partial charge in [0.05, 0.1) is 0 Å². The van der Waals surface area contributed by atoms with Crippen molar-refractivity contribution in [1.29, 1.82) is 0 Å². The lowest BCUT2D eigenvalue weighted by Gasteiger charge is -2.11. The molecule has 0 N–H and O–H groups in total. The molecule has 0 spiro atoms. The lowest BCUT2D eigenvalue weighted by Crippen LogP contribution is -1.94. The van der Waals surface area contributed by atoms with Crippen molar-refractivity contribution in [2.45, 2.75) is 46.0 Å². The molecule has 0 heterocycles. The highest BCUT2D eigenvalue weighted by molar-refractivity contribution is 5.23. The summed E-state index contributed by atoms with van der Waals surface area (Å²) in [7, 11) is 0. The summed E-state index contributed by atoms with van der Waals surface area (Å²) in [5.41, 5.74) is 1.56. The van der Waals surface area contributed by atoms with Gasteiger partial charge < -0.3 is 0 Å². The molecule has 12 heavy (non-hydrogen) atoms. The molecule has 1 atom stereocenters. The van der Waals surface area contributed by atoms with E-state index in [1.54, 1.807) is 5.57 Å². The Hall–Kier alpha value is -0.520. The van der Waals surface area contributed by atoms with Crippen LogP contribution in [0.15, 0.2) is 23.8 Å². The molecule has 0 amide bonds. The van der Waals surface area contributed by atoms with Gasteiger partial charge in [-0.15, -0.1) is 0 Å². The van der Waals surface area contributed by atoms with Crippen LogP contribution in [-0.2, 0) is 0 Å². The maximum atomic E-state index is 2.40. The molecule has 0 aromatic heterocycles. The average Bonchev–Trinajstić information content (AvgIpc) is 2.09. The average molecular weight is 164 g/mol. The van der Waals surface area contributed by atoms with E-state index in [-0.39, 0.29) is 0 Å². The normalized spacial score (nSPS) is 22.5. The van der Waals surface area contributed by atoms with Crippen LogP contribution in [0.4, 0.5) is 0 Å². The van der Waals surface area contributed by atoms with Crippen LogP contribution in [0.1, 0.15) is 46.0 Å². The first-order valence-corrected chi connectivity index (χ1v) is 5.20. The highest BCUT2D eigenvalue weighted by atomic mass is 14.1. The molecule has 0 bridgehead atoms. The summed E-state index contributed by atoms with van der Waals surface area (Å²) < 4.78 is 0. The molecular formula is C12H20. The zero-order chi connectivity index (χ0) is 8.81. The summed E-state index contributed by atoms with van der Waals surface area (Å²) in [6, 6.07) is 0. The van der Waals surface area contributed by atoms with Crippen LogP contribution in [-0.4, -0.2) is 0 Å². The molecule has 0 aromatic rings.